The SMILES string of the molecule is Cc1cccc(C)c1OCC(=O)Nc1ccc2c(c1)C(=O)N(CC1CCCO1)C2=O. The van der Waals surface area contributed by atoms with Crippen molar-refractivity contribution in [3.63, 3.8) is 0 Å². The van der Waals surface area contributed by atoms with E-state index in [1.165, 1.54) is 4.90 Å². The third kappa shape index (κ3) is 3.93. The first-order valence-electron chi connectivity index (χ1n) is 10.0. The summed E-state index contributed by atoms with van der Waals surface area (Å²) in [6, 6.07) is 10.5. The first kappa shape index (κ1) is 20.1. The van der Waals surface area contributed by atoms with Gasteiger partial charge in [0, 0.05) is 12.3 Å². The number of hydrogen-bond acceptors (Lipinski definition) is 5. The Balaban J connectivity index is 1.41. The van der Waals surface area contributed by atoms with Crippen molar-refractivity contribution in [2.45, 2.75) is 32.8 Å². The Hall–Kier alpha value is -3.19. The van der Waals surface area contributed by atoms with Gasteiger partial charge in [0.25, 0.3) is 17.7 Å². The lowest BCUT2D eigenvalue weighted by Crippen LogP contribution is -2.36. The maximum Gasteiger partial charge on any atom is 0.262 e. The minimum absolute atomic E-state index is 0.103. The molecule has 0 aromatic heterocycles. The van der Waals surface area contributed by atoms with E-state index < -0.39 is 0 Å². The molecule has 1 fully saturated rings. The summed E-state index contributed by atoms with van der Waals surface area (Å²) in [4.78, 5) is 38.9. The molecule has 1 N–H and O–H groups in total. The van der Waals surface area contributed by atoms with Gasteiger partial charge in [-0.2, -0.15) is 0 Å². The fourth-order valence-electron chi connectivity index (χ4n) is 3.89. The standard InChI is InChI=1S/C23H24N2O5/c1-14-5-3-6-15(2)21(14)30-13-20(26)24-16-8-9-18-19(11-16)23(28)25(22(18)27)12-17-7-4-10-29-17/h3,5-6,8-9,11,17H,4,7,10,12-13H2,1-2H3,(H,24,26). The Morgan fingerprint density at radius 2 is 1.87 bits per heavy atom. The maximum absolute atomic E-state index is 12.7. The number of hydrogen-bond donors (Lipinski definition) is 1. The number of imide groups is 1. The highest BCUT2D eigenvalue weighted by Crippen LogP contribution is 2.28. The average Bonchev–Trinajstić information content (AvgIpc) is 3.31. The van der Waals surface area contributed by atoms with Crippen LogP contribution in [0.25, 0.3) is 0 Å². The second-order valence-corrected chi connectivity index (χ2v) is 7.67. The van der Waals surface area contributed by atoms with Crippen molar-refractivity contribution in [3.8, 4) is 5.75 Å². The van der Waals surface area contributed by atoms with Crippen LogP contribution in [0.4, 0.5) is 5.69 Å². The predicted molar refractivity (Wildman–Crippen MR) is 111 cm³/mol. The number of ether oxygens (including phenoxy) is 2. The molecule has 1 unspecified atom stereocenters. The molecule has 2 aromatic carbocycles. The molecule has 2 aliphatic rings. The molecule has 1 atom stereocenters. The summed E-state index contributed by atoms with van der Waals surface area (Å²) in [5.74, 6) is -0.326. The molecule has 0 aliphatic carbocycles. The van der Waals surface area contributed by atoms with Gasteiger partial charge in [-0.1, -0.05) is 18.2 Å². The van der Waals surface area contributed by atoms with E-state index in [1.54, 1.807) is 18.2 Å². The Morgan fingerprint density at radius 3 is 2.57 bits per heavy atom. The van der Waals surface area contributed by atoms with E-state index >= 15 is 0 Å². The van der Waals surface area contributed by atoms with Gasteiger partial charge < -0.3 is 14.8 Å². The van der Waals surface area contributed by atoms with Crippen molar-refractivity contribution in [3.05, 3.63) is 58.7 Å². The molecular weight excluding hydrogens is 384 g/mol. The van der Waals surface area contributed by atoms with E-state index in [9.17, 15) is 14.4 Å². The molecule has 0 radical (unpaired) electrons. The Bertz CT molecular complexity index is 990. The monoisotopic (exact) mass is 408 g/mol. The lowest BCUT2D eigenvalue weighted by molar-refractivity contribution is -0.118. The molecule has 2 heterocycles. The number of amides is 3. The van der Waals surface area contributed by atoms with Crippen LogP contribution in [0.5, 0.6) is 5.75 Å². The van der Waals surface area contributed by atoms with Gasteiger partial charge in [0.15, 0.2) is 6.61 Å². The summed E-state index contributed by atoms with van der Waals surface area (Å²) >= 11 is 0. The topological polar surface area (TPSA) is 84.9 Å². The number of carbonyl (C=O) groups is 3. The summed E-state index contributed by atoms with van der Waals surface area (Å²) in [6.07, 6.45) is 1.68. The Labute approximate surface area is 175 Å². The number of nitrogens with zero attached hydrogens (tertiary/aromatic N) is 1. The van der Waals surface area contributed by atoms with E-state index in [-0.39, 0.29) is 37.0 Å². The van der Waals surface area contributed by atoms with Crippen LogP contribution in [0.15, 0.2) is 36.4 Å². The summed E-state index contributed by atoms with van der Waals surface area (Å²) in [6.45, 7) is 4.62. The lowest BCUT2D eigenvalue weighted by atomic mass is 10.1. The van der Waals surface area contributed by atoms with Crippen molar-refractivity contribution in [2.24, 2.45) is 0 Å². The predicted octanol–water partition coefficient (Wildman–Crippen LogP) is 3.10. The largest absolute Gasteiger partial charge is 0.483 e. The van der Waals surface area contributed by atoms with Gasteiger partial charge >= 0.3 is 0 Å². The minimum Gasteiger partial charge on any atom is -0.483 e. The van der Waals surface area contributed by atoms with E-state index in [0.717, 1.165) is 24.0 Å². The van der Waals surface area contributed by atoms with Crippen molar-refractivity contribution >= 4 is 23.4 Å². The quantitative estimate of drug-likeness (QED) is 0.743. The van der Waals surface area contributed by atoms with Crippen LogP contribution in [-0.4, -0.2) is 48.5 Å². The van der Waals surface area contributed by atoms with Crippen LogP contribution in [0, 0.1) is 13.8 Å². The van der Waals surface area contributed by atoms with Crippen molar-refractivity contribution < 1.29 is 23.9 Å². The second-order valence-electron chi connectivity index (χ2n) is 7.67. The average molecular weight is 408 g/mol. The van der Waals surface area contributed by atoms with Gasteiger partial charge in [0.1, 0.15) is 5.75 Å². The van der Waals surface area contributed by atoms with Gasteiger partial charge in [0.05, 0.1) is 23.8 Å². The molecular formula is C23H24N2O5. The highest BCUT2D eigenvalue weighted by Gasteiger charge is 2.37. The van der Waals surface area contributed by atoms with Crippen LogP contribution in [0.1, 0.15) is 44.7 Å². The fraction of sp³-hybridized carbons (Fsp3) is 0.348. The molecule has 0 bridgehead atoms. The van der Waals surface area contributed by atoms with Crippen molar-refractivity contribution in [1.29, 1.82) is 0 Å². The molecule has 30 heavy (non-hydrogen) atoms. The van der Waals surface area contributed by atoms with Crippen molar-refractivity contribution in [2.75, 3.05) is 25.1 Å². The normalized spacial score (nSPS) is 17.9. The molecule has 1 saturated heterocycles. The smallest absolute Gasteiger partial charge is 0.262 e. The number of nitrogens with one attached hydrogen (secondary N) is 1. The van der Waals surface area contributed by atoms with E-state index in [1.807, 2.05) is 32.0 Å². The zero-order chi connectivity index (χ0) is 21.3. The van der Waals surface area contributed by atoms with Crippen LogP contribution < -0.4 is 10.1 Å². The number of anilines is 1. The molecule has 7 heteroatoms. The highest BCUT2D eigenvalue weighted by molar-refractivity contribution is 6.21. The molecule has 2 aromatic rings. The number of para-hydroxylation sites is 1. The van der Waals surface area contributed by atoms with Crippen LogP contribution in [-0.2, 0) is 9.53 Å². The minimum atomic E-state index is -0.353. The number of rotatable bonds is 6. The third-order valence-corrected chi connectivity index (χ3v) is 5.42. The summed E-state index contributed by atoms with van der Waals surface area (Å²) < 4.78 is 11.2. The highest BCUT2D eigenvalue weighted by atomic mass is 16.5. The van der Waals surface area contributed by atoms with Gasteiger partial charge in [-0.25, -0.2) is 0 Å². The van der Waals surface area contributed by atoms with Gasteiger partial charge in [-0.3, -0.25) is 19.3 Å². The Kier molecular flexibility index (Phi) is 5.55. The summed E-state index contributed by atoms with van der Waals surface area (Å²) in [5.41, 5.74) is 3.00. The van der Waals surface area contributed by atoms with Crippen LogP contribution >= 0.6 is 0 Å². The lowest BCUT2D eigenvalue weighted by Gasteiger charge is -2.17. The molecule has 156 valence electrons. The molecule has 4 rings (SSSR count). The maximum atomic E-state index is 12.7. The van der Waals surface area contributed by atoms with E-state index in [0.29, 0.717) is 29.2 Å². The first-order chi connectivity index (χ1) is 14.4. The molecule has 0 saturated carbocycles. The molecule has 7 nitrogen and oxygen atoms in total. The third-order valence-electron chi connectivity index (χ3n) is 5.42. The van der Waals surface area contributed by atoms with E-state index in [4.69, 9.17) is 9.47 Å². The summed E-state index contributed by atoms with van der Waals surface area (Å²) in [7, 11) is 0. The molecule has 3 amide bonds. The molecule has 2 aliphatic heterocycles. The number of aryl methyl sites for hydroxylation is 2. The number of fused-ring (bicyclic) bond motifs is 1. The second kappa shape index (κ2) is 8.28. The van der Waals surface area contributed by atoms with Gasteiger partial charge in [-0.05, 0) is 56.0 Å². The zero-order valence-electron chi connectivity index (χ0n) is 17.1. The van der Waals surface area contributed by atoms with Gasteiger partial charge in [-0.15, -0.1) is 0 Å². The Morgan fingerprint density at radius 1 is 1.13 bits per heavy atom. The van der Waals surface area contributed by atoms with Crippen molar-refractivity contribution in [1.82, 2.24) is 4.90 Å². The van der Waals surface area contributed by atoms with E-state index in [2.05, 4.69) is 5.32 Å². The first-order valence-corrected chi connectivity index (χ1v) is 10.0. The van der Waals surface area contributed by atoms with Crippen LogP contribution in [0.2, 0.25) is 0 Å². The zero-order valence-corrected chi connectivity index (χ0v) is 17.1. The number of carbonyl (C=O) groups excluding carboxylic acids is 3. The van der Waals surface area contributed by atoms with Gasteiger partial charge in [0.2, 0.25) is 0 Å². The number of benzene rings is 2. The fourth-order valence-corrected chi connectivity index (χ4v) is 3.89. The van der Waals surface area contributed by atoms with Crippen LogP contribution in [0.3, 0.4) is 0 Å². The molecule has 0 spiro atoms. The summed E-state index contributed by atoms with van der Waals surface area (Å²) in [5, 5.41) is 2.73.